The van der Waals surface area contributed by atoms with Crippen LogP contribution in [-0.4, -0.2) is 45.3 Å². The van der Waals surface area contributed by atoms with Gasteiger partial charge in [0, 0.05) is 42.8 Å². The lowest BCUT2D eigenvalue weighted by atomic mass is 9.89. The number of benzene rings is 2. The molecule has 1 fully saturated rings. The highest BCUT2D eigenvalue weighted by atomic mass is 19.1. The zero-order valence-corrected chi connectivity index (χ0v) is 18.1. The maximum Gasteiger partial charge on any atom is 0.377 e. The molecule has 0 radical (unpaired) electrons. The SMILES string of the molecule is Cc1cc2c(cc1C(=O)N1CCC(Cc3ccc(F)cc3)CC1)c(C(=O)C(=O)O)cn2C. The maximum absolute atomic E-state index is 13.3. The molecule has 4 rings (SSSR count). The molecule has 6 nitrogen and oxygen atoms in total. The van der Waals surface area contributed by atoms with E-state index in [1.807, 2.05) is 17.9 Å². The number of halogens is 1. The molecule has 0 spiro atoms. The van der Waals surface area contributed by atoms with Gasteiger partial charge in [-0.1, -0.05) is 12.1 Å². The van der Waals surface area contributed by atoms with Crippen LogP contribution in [0.25, 0.3) is 10.9 Å². The van der Waals surface area contributed by atoms with E-state index in [2.05, 4.69) is 0 Å². The molecular formula is C25H25FN2O4. The molecule has 32 heavy (non-hydrogen) atoms. The first-order valence-corrected chi connectivity index (χ1v) is 10.7. The highest BCUT2D eigenvalue weighted by molar-refractivity contribution is 6.42. The third-order valence-electron chi connectivity index (χ3n) is 6.34. The predicted molar refractivity (Wildman–Crippen MR) is 118 cm³/mol. The van der Waals surface area contributed by atoms with E-state index in [-0.39, 0.29) is 17.3 Å². The number of amides is 1. The van der Waals surface area contributed by atoms with Crippen molar-refractivity contribution in [2.24, 2.45) is 13.0 Å². The molecule has 2 aromatic carbocycles. The van der Waals surface area contributed by atoms with E-state index in [1.165, 1.54) is 18.3 Å². The Balaban J connectivity index is 1.52. The minimum absolute atomic E-state index is 0.0852. The van der Waals surface area contributed by atoms with Gasteiger partial charge in [-0.05, 0) is 67.5 Å². The molecule has 7 heteroatoms. The maximum atomic E-state index is 13.3. The van der Waals surface area contributed by atoms with Crippen molar-refractivity contribution in [1.29, 1.82) is 0 Å². The minimum atomic E-state index is -1.52. The Morgan fingerprint density at radius 2 is 1.72 bits per heavy atom. The van der Waals surface area contributed by atoms with Crippen LogP contribution in [0.4, 0.5) is 4.39 Å². The number of fused-ring (bicyclic) bond motifs is 1. The largest absolute Gasteiger partial charge is 0.475 e. The molecule has 0 aliphatic carbocycles. The summed E-state index contributed by atoms with van der Waals surface area (Å²) in [5, 5.41) is 9.60. The van der Waals surface area contributed by atoms with Crippen molar-refractivity contribution in [3.8, 4) is 0 Å². The van der Waals surface area contributed by atoms with Gasteiger partial charge in [-0.25, -0.2) is 9.18 Å². The van der Waals surface area contributed by atoms with Crippen LogP contribution in [0.15, 0.2) is 42.6 Å². The summed E-state index contributed by atoms with van der Waals surface area (Å²) in [5.74, 6) is -2.43. The normalized spacial score (nSPS) is 14.7. The number of carboxylic acids is 1. The van der Waals surface area contributed by atoms with Crippen LogP contribution in [0.1, 0.15) is 44.7 Å². The van der Waals surface area contributed by atoms with Crippen LogP contribution in [-0.2, 0) is 18.3 Å². The van der Waals surface area contributed by atoms with Gasteiger partial charge in [-0.15, -0.1) is 0 Å². The van der Waals surface area contributed by atoms with Crippen molar-refractivity contribution in [1.82, 2.24) is 9.47 Å². The van der Waals surface area contributed by atoms with Crippen molar-refractivity contribution in [3.05, 3.63) is 70.7 Å². The van der Waals surface area contributed by atoms with Gasteiger partial charge in [0.05, 0.1) is 5.56 Å². The second-order valence-electron chi connectivity index (χ2n) is 8.54. The molecule has 0 bridgehead atoms. The molecule has 166 valence electrons. The number of Topliss-reactive ketones (excluding diaryl/α,β-unsaturated/α-hetero) is 1. The van der Waals surface area contributed by atoms with Crippen LogP contribution in [0.3, 0.4) is 0 Å². The molecule has 1 amide bonds. The van der Waals surface area contributed by atoms with E-state index >= 15 is 0 Å². The summed E-state index contributed by atoms with van der Waals surface area (Å²) in [6.45, 7) is 3.09. The predicted octanol–water partition coefficient (Wildman–Crippen LogP) is 3.99. The van der Waals surface area contributed by atoms with Crippen LogP contribution < -0.4 is 0 Å². The average Bonchev–Trinajstić information content (AvgIpc) is 3.09. The summed E-state index contributed by atoms with van der Waals surface area (Å²) in [7, 11) is 1.74. The minimum Gasteiger partial charge on any atom is -0.475 e. The third-order valence-corrected chi connectivity index (χ3v) is 6.34. The van der Waals surface area contributed by atoms with E-state index in [4.69, 9.17) is 5.11 Å². The average molecular weight is 436 g/mol. The summed E-state index contributed by atoms with van der Waals surface area (Å²) in [5.41, 5.74) is 3.16. The third kappa shape index (κ3) is 4.15. The van der Waals surface area contributed by atoms with Crippen LogP contribution in [0.2, 0.25) is 0 Å². The summed E-state index contributed by atoms with van der Waals surface area (Å²) in [6, 6.07) is 10.0. The number of ketones is 1. The van der Waals surface area contributed by atoms with Crippen molar-refractivity contribution in [3.63, 3.8) is 0 Å². The van der Waals surface area contributed by atoms with Crippen molar-refractivity contribution >= 4 is 28.6 Å². The number of likely N-dealkylation sites (tertiary alicyclic amines) is 1. The number of carbonyl (C=O) groups excluding carboxylic acids is 2. The summed E-state index contributed by atoms with van der Waals surface area (Å²) >= 11 is 0. The Bertz CT molecular complexity index is 1200. The number of hydrogen-bond donors (Lipinski definition) is 1. The van der Waals surface area contributed by atoms with Gasteiger partial charge < -0.3 is 14.6 Å². The standard InChI is InChI=1S/C25H25FN2O4/c1-15-11-22-20(21(14-27(22)2)23(29)25(31)32)13-19(15)24(30)28-9-7-17(8-10-28)12-16-3-5-18(26)6-4-16/h3-6,11,13-14,17H,7-10,12H2,1-2H3,(H,31,32). The van der Waals surface area contributed by atoms with Gasteiger partial charge in [0.2, 0.25) is 0 Å². The Morgan fingerprint density at radius 1 is 1.06 bits per heavy atom. The van der Waals surface area contributed by atoms with Crippen molar-refractivity contribution in [2.45, 2.75) is 26.2 Å². The van der Waals surface area contributed by atoms with Gasteiger partial charge in [0.1, 0.15) is 5.82 Å². The summed E-state index contributed by atoms with van der Waals surface area (Å²) < 4.78 is 14.8. The van der Waals surface area contributed by atoms with Crippen LogP contribution in [0.5, 0.6) is 0 Å². The summed E-state index contributed by atoms with van der Waals surface area (Å²) in [6.07, 6.45) is 4.07. The fourth-order valence-corrected chi connectivity index (χ4v) is 4.52. The first-order chi connectivity index (χ1) is 15.2. The zero-order chi connectivity index (χ0) is 23.0. The number of nitrogens with zero attached hydrogens (tertiary/aromatic N) is 2. The quantitative estimate of drug-likeness (QED) is 0.485. The van der Waals surface area contributed by atoms with E-state index in [1.54, 1.807) is 29.8 Å². The van der Waals surface area contributed by atoms with Crippen molar-refractivity contribution < 1.29 is 23.9 Å². The van der Waals surface area contributed by atoms with Gasteiger partial charge >= 0.3 is 5.97 Å². The van der Waals surface area contributed by atoms with Gasteiger partial charge in [-0.2, -0.15) is 0 Å². The number of carbonyl (C=O) groups is 3. The second kappa shape index (κ2) is 8.57. The second-order valence-corrected chi connectivity index (χ2v) is 8.54. The first kappa shape index (κ1) is 21.7. The number of aromatic nitrogens is 1. The molecule has 1 saturated heterocycles. The molecule has 0 saturated carbocycles. The molecule has 1 aromatic heterocycles. The highest BCUT2D eigenvalue weighted by Gasteiger charge is 2.27. The lowest BCUT2D eigenvalue weighted by Gasteiger charge is -2.32. The monoisotopic (exact) mass is 436 g/mol. The number of rotatable bonds is 5. The fourth-order valence-electron chi connectivity index (χ4n) is 4.52. The van der Waals surface area contributed by atoms with E-state index in [9.17, 15) is 18.8 Å². The topological polar surface area (TPSA) is 79.6 Å². The molecule has 3 aromatic rings. The Labute approximate surface area is 185 Å². The number of hydrogen-bond acceptors (Lipinski definition) is 3. The smallest absolute Gasteiger partial charge is 0.377 e. The van der Waals surface area contributed by atoms with Gasteiger partial charge in [0.15, 0.2) is 0 Å². The van der Waals surface area contributed by atoms with E-state index < -0.39 is 11.8 Å². The molecule has 0 unspecified atom stereocenters. The van der Waals surface area contributed by atoms with Crippen LogP contribution in [0, 0.1) is 18.7 Å². The van der Waals surface area contributed by atoms with Crippen LogP contribution >= 0.6 is 0 Å². The Morgan fingerprint density at radius 3 is 2.34 bits per heavy atom. The molecule has 0 atom stereocenters. The number of aryl methyl sites for hydroxylation is 2. The highest BCUT2D eigenvalue weighted by Crippen LogP contribution is 2.28. The zero-order valence-electron chi connectivity index (χ0n) is 18.1. The number of carboxylic acid groups (broad SMARTS) is 1. The van der Waals surface area contributed by atoms with Gasteiger partial charge in [0.25, 0.3) is 11.7 Å². The van der Waals surface area contributed by atoms with Crippen molar-refractivity contribution in [2.75, 3.05) is 13.1 Å². The molecule has 2 heterocycles. The first-order valence-electron chi connectivity index (χ1n) is 10.7. The summed E-state index contributed by atoms with van der Waals surface area (Å²) in [4.78, 5) is 38.4. The molecule has 1 N–H and O–H groups in total. The molecule has 1 aliphatic heterocycles. The number of aliphatic carboxylic acids is 1. The Kier molecular flexibility index (Phi) is 5.82. The lowest BCUT2D eigenvalue weighted by molar-refractivity contribution is -0.131. The van der Waals surface area contributed by atoms with E-state index in [0.717, 1.165) is 30.4 Å². The van der Waals surface area contributed by atoms with Gasteiger partial charge in [-0.3, -0.25) is 9.59 Å². The molecular weight excluding hydrogens is 411 g/mol. The fraction of sp³-hybridized carbons (Fsp3) is 0.320. The van der Waals surface area contributed by atoms with E-state index in [0.29, 0.717) is 35.5 Å². The lowest BCUT2D eigenvalue weighted by Crippen LogP contribution is -2.39. The Hall–Kier alpha value is -3.48. The molecule has 1 aliphatic rings. The number of piperidine rings is 1.